The van der Waals surface area contributed by atoms with Crippen molar-refractivity contribution in [3.05, 3.63) is 52.4 Å². The summed E-state index contributed by atoms with van der Waals surface area (Å²) in [4.78, 5) is 24.5. The Bertz CT molecular complexity index is 788. The summed E-state index contributed by atoms with van der Waals surface area (Å²) in [6, 6.07) is 7.10. The lowest BCUT2D eigenvalue weighted by Crippen LogP contribution is -2.21. The number of rotatable bonds is 2. The van der Waals surface area contributed by atoms with E-state index in [0.717, 1.165) is 5.52 Å². The lowest BCUT2D eigenvalue weighted by Gasteiger charge is -2.10. The van der Waals surface area contributed by atoms with Gasteiger partial charge in [0.25, 0.3) is 0 Å². The van der Waals surface area contributed by atoms with E-state index in [9.17, 15) is 9.59 Å². The molecular formula is C15H13NO4. The first-order chi connectivity index (χ1) is 9.63. The van der Waals surface area contributed by atoms with Crippen molar-refractivity contribution in [1.82, 2.24) is 4.57 Å². The number of carbonyl (C=O) groups excluding carboxylic acids is 1. The lowest BCUT2D eigenvalue weighted by atomic mass is 10.1. The molecule has 0 amide bonds. The maximum Gasteiger partial charge on any atom is 0.347 e. The van der Waals surface area contributed by atoms with Gasteiger partial charge in [-0.15, -0.1) is 0 Å². The molecule has 102 valence electrons. The number of allylic oxidation sites excluding steroid dienone is 1. The first-order valence-electron chi connectivity index (χ1n) is 6.31. The number of hydrogen-bond donors (Lipinski definition) is 0. The second-order valence-electron chi connectivity index (χ2n) is 4.47. The summed E-state index contributed by atoms with van der Waals surface area (Å²) in [5, 5.41) is 0.470. The molecule has 5 nitrogen and oxygen atoms in total. The number of ether oxygens (including phenoxy) is 2. The predicted molar refractivity (Wildman–Crippen MR) is 73.9 cm³/mol. The quantitative estimate of drug-likeness (QED) is 0.785. The minimum Gasteiger partial charge on any atom is -0.462 e. The number of hydrogen-bond acceptors (Lipinski definition) is 4. The van der Waals surface area contributed by atoms with Gasteiger partial charge in [0.05, 0.1) is 18.7 Å². The zero-order valence-corrected chi connectivity index (χ0v) is 11.0. The van der Waals surface area contributed by atoms with Crippen LogP contribution in [0.4, 0.5) is 0 Å². The number of benzene rings is 1. The summed E-state index contributed by atoms with van der Waals surface area (Å²) >= 11 is 0. The molecular weight excluding hydrogens is 258 g/mol. The van der Waals surface area contributed by atoms with Gasteiger partial charge in [-0.25, -0.2) is 4.79 Å². The molecule has 1 aromatic heterocycles. The summed E-state index contributed by atoms with van der Waals surface area (Å²) in [6.07, 6.45) is 0. The molecule has 0 unspecified atom stereocenters. The number of fused-ring (bicyclic) bond motifs is 3. The van der Waals surface area contributed by atoms with Crippen LogP contribution in [0, 0.1) is 0 Å². The Kier molecular flexibility index (Phi) is 2.82. The van der Waals surface area contributed by atoms with Crippen molar-refractivity contribution < 1.29 is 14.3 Å². The maximum atomic E-state index is 12.5. The largest absolute Gasteiger partial charge is 0.462 e. The van der Waals surface area contributed by atoms with Crippen LogP contribution in [0.5, 0.6) is 5.88 Å². The molecule has 1 aromatic carbocycles. The molecule has 0 N–H and O–H groups in total. The van der Waals surface area contributed by atoms with E-state index in [-0.39, 0.29) is 23.5 Å². The Morgan fingerprint density at radius 1 is 1.45 bits per heavy atom. The fourth-order valence-electron chi connectivity index (χ4n) is 2.37. The van der Waals surface area contributed by atoms with E-state index >= 15 is 0 Å². The minimum atomic E-state index is -0.665. The van der Waals surface area contributed by atoms with Gasteiger partial charge in [0.15, 0.2) is 5.56 Å². The summed E-state index contributed by atoms with van der Waals surface area (Å²) < 4.78 is 12.2. The smallest absolute Gasteiger partial charge is 0.347 e. The van der Waals surface area contributed by atoms with Crippen molar-refractivity contribution in [3.63, 3.8) is 0 Å². The van der Waals surface area contributed by atoms with Crippen LogP contribution in [0.1, 0.15) is 17.3 Å². The van der Waals surface area contributed by atoms with Crippen LogP contribution >= 0.6 is 0 Å². The van der Waals surface area contributed by atoms with Gasteiger partial charge >= 0.3 is 5.97 Å². The monoisotopic (exact) mass is 271 g/mol. The molecule has 0 radical (unpaired) electrons. The number of para-hydroxylation sites is 1. The molecule has 0 saturated carbocycles. The Labute approximate surface area is 115 Å². The highest BCUT2D eigenvalue weighted by Gasteiger charge is 2.29. The fraction of sp³-hybridized carbons (Fsp3) is 0.200. The SMILES string of the molecule is C=C1Cn2c(c(C(=O)OCC)c(=O)c3ccccc32)O1. The topological polar surface area (TPSA) is 57.5 Å². The third kappa shape index (κ3) is 1.71. The third-order valence-electron chi connectivity index (χ3n) is 3.18. The molecule has 2 aromatic rings. The fourth-order valence-corrected chi connectivity index (χ4v) is 2.37. The summed E-state index contributed by atoms with van der Waals surface area (Å²) in [6.45, 7) is 6.06. The molecule has 0 spiro atoms. The van der Waals surface area contributed by atoms with E-state index in [1.54, 1.807) is 23.6 Å². The molecule has 0 fully saturated rings. The van der Waals surface area contributed by atoms with Crippen LogP contribution in [0.15, 0.2) is 41.4 Å². The first-order valence-corrected chi connectivity index (χ1v) is 6.31. The van der Waals surface area contributed by atoms with Crippen molar-refractivity contribution in [2.75, 3.05) is 6.61 Å². The Balaban J connectivity index is 2.38. The van der Waals surface area contributed by atoms with Gasteiger partial charge in [-0.05, 0) is 19.1 Å². The molecule has 0 aliphatic carbocycles. The number of nitrogens with zero attached hydrogens (tertiary/aromatic N) is 1. The molecule has 20 heavy (non-hydrogen) atoms. The molecule has 2 heterocycles. The van der Waals surface area contributed by atoms with Crippen molar-refractivity contribution in [3.8, 4) is 5.88 Å². The van der Waals surface area contributed by atoms with E-state index < -0.39 is 5.97 Å². The van der Waals surface area contributed by atoms with Gasteiger partial charge in [-0.3, -0.25) is 4.79 Å². The standard InChI is InChI=1S/C15H13NO4/c1-3-19-15(18)12-13(17)10-6-4-5-7-11(10)16-8-9(2)20-14(12)16/h4-7H,2-3,8H2,1H3. The molecule has 0 atom stereocenters. The van der Waals surface area contributed by atoms with E-state index in [4.69, 9.17) is 9.47 Å². The lowest BCUT2D eigenvalue weighted by molar-refractivity contribution is 0.0521. The normalized spacial score (nSPS) is 13.2. The van der Waals surface area contributed by atoms with E-state index in [1.807, 2.05) is 12.1 Å². The number of aromatic nitrogens is 1. The van der Waals surface area contributed by atoms with Gasteiger partial charge in [-0.2, -0.15) is 0 Å². The second-order valence-corrected chi connectivity index (χ2v) is 4.47. The highest BCUT2D eigenvalue weighted by Crippen LogP contribution is 2.30. The Morgan fingerprint density at radius 3 is 2.95 bits per heavy atom. The molecule has 5 heteroatoms. The predicted octanol–water partition coefficient (Wildman–Crippen LogP) is 2.08. The average molecular weight is 271 g/mol. The van der Waals surface area contributed by atoms with Gasteiger partial charge in [0.1, 0.15) is 5.76 Å². The number of esters is 1. The van der Waals surface area contributed by atoms with Gasteiger partial charge < -0.3 is 14.0 Å². The van der Waals surface area contributed by atoms with E-state index in [2.05, 4.69) is 6.58 Å². The van der Waals surface area contributed by atoms with Gasteiger partial charge in [0, 0.05) is 5.39 Å². The molecule has 0 saturated heterocycles. The second kappa shape index (κ2) is 4.52. The van der Waals surface area contributed by atoms with Crippen LogP contribution in [0.3, 0.4) is 0 Å². The number of carbonyl (C=O) groups is 1. The van der Waals surface area contributed by atoms with Crippen molar-refractivity contribution in [2.24, 2.45) is 0 Å². The molecule has 0 bridgehead atoms. The zero-order valence-electron chi connectivity index (χ0n) is 11.0. The van der Waals surface area contributed by atoms with Crippen molar-refractivity contribution >= 4 is 16.9 Å². The van der Waals surface area contributed by atoms with Gasteiger partial charge in [-0.1, -0.05) is 18.7 Å². The zero-order chi connectivity index (χ0) is 14.3. The Morgan fingerprint density at radius 2 is 2.20 bits per heavy atom. The summed E-state index contributed by atoms with van der Waals surface area (Å²) in [5.41, 5.74) is 0.281. The van der Waals surface area contributed by atoms with Gasteiger partial charge in [0.2, 0.25) is 11.3 Å². The van der Waals surface area contributed by atoms with Crippen LogP contribution < -0.4 is 10.2 Å². The van der Waals surface area contributed by atoms with E-state index in [0.29, 0.717) is 17.7 Å². The third-order valence-corrected chi connectivity index (χ3v) is 3.18. The van der Waals surface area contributed by atoms with Crippen molar-refractivity contribution in [1.29, 1.82) is 0 Å². The van der Waals surface area contributed by atoms with Crippen LogP contribution in [-0.2, 0) is 11.3 Å². The van der Waals surface area contributed by atoms with E-state index in [1.165, 1.54) is 0 Å². The van der Waals surface area contributed by atoms with Crippen LogP contribution in [0.2, 0.25) is 0 Å². The Hall–Kier alpha value is -2.56. The highest BCUT2D eigenvalue weighted by atomic mass is 16.5. The number of pyridine rings is 1. The van der Waals surface area contributed by atoms with Crippen LogP contribution in [0.25, 0.3) is 10.9 Å². The van der Waals surface area contributed by atoms with Crippen LogP contribution in [-0.4, -0.2) is 17.1 Å². The van der Waals surface area contributed by atoms with Crippen molar-refractivity contribution in [2.45, 2.75) is 13.5 Å². The molecule has 3 rings (SSSR count). The highest BCUT2D eigenvalue weighted by molar-refractivity contribution is 5.97. The minimum absolute atomic E-state index is 0.0656. The molecule has 1 aliphatic rings. The first kappa shape index (κ1) is 12.5. The maximum absolute atomic E-state index is 12.5. The average Bonchev–Trinajstić information content (AvgIpc) is 2.81. The molecule has 1 aliphatic heterocycles. The summed E-state index contributed by atoms with van der Waals surface area (Å²) in [5.74, 6) is 0.0464. The summed E-state index contributed by atoms with van der Waals surface area (Å²) in [7, 11) is 0.